The van der Waals surface area contributed by atoms with Crippen molar-refractivity contribution in [2.45, 2.75) is 12.3 Å². The number of pyridine rings is 3. The molecule has 0 amide bonds. The maximum atomic E-state index is 5.14. The number of allylic oxidation sites excluding steroid dienone is 4. The van der Waals surface area contributed by atoms with E-state index in [2.05, 4.69) is 126 Å². The average molecular weight is 540 g/mol. The number of nitrogens with zero attached hydrogens (tertiary/aromatic N) is 3. The summed E-state index contributed by atoms with van der Waals surface area (Å²) in [5, 5.41) is 0. The minimum Gasteiger partial charge on any atom is -0.256 e. The Kier molecular flexibility index (Phi) is 7.06. The first-order valence-electron chi connectivity index (χ1n) is 14.3. The van der Waals surface area contributed by atoms with E-state index in [1.54, 1.807) is 0 Å². The second kappa shape index (κ2) is 11.6. The Labute approximate surface area is 246 Å². The SMILES string of the molecule is C1=CCC(c2cc(-c3cc(-c4ccccn4)cc(-c4ccc(-c5ccccc5)cn4)c3)cc(-c3ccccc3)n2)C=C1. The summed E-state index contributed by atoms with van der Waals surface area (Å²) in [5.74, 6) is 0.239. The maximum absolute atomic E-state index is 5.14. The first-order valence-corrected chi connectivity index (χ1v) is 14.3. The highest BCUT2D eigenvalue weighted by Gasteiger charge is 2.16. The molecular weight excluding hydrogens is 510 g/mol. The van der Waals surface area contributed by atoms with E-state index in [0.717, 1.165) is 68.1 Å². The van der Waals surface area contributed by atoms with Gasteiger partial charge in [-0.1, -0.05) is 97.1 Å². The summed E-state index contributed by atoms with van der Waals surface area (Å²) in [5.41, 5.74) is 11.6. The maximum Gasteiger partial charge on any atom is 0.0711 e. The van der Waals surface area contributed by atoms with Gasteiger partial charge in [0.1, 0.15) is 0 Å². The van der Waals surface area contributed by atoms with E-state index in [1.165, 1.54) is 0 Å². The molecule has 1 aliphatic carbocycles. The summed E-state index contributed by atoms with van der Waals surface area (Å²) >= 11 is 0. The second-order valence-electron chi connectivity index (χ2n) is 10.5. The zero-order valence-corrected chi connectivity index (χ0v) is 23.1. The van der Waals surface area contributed by atoms with Gasteiger partial charge in [0.25, 0.3) is 0 Å². The Balaban J connectivity index is 1.37. The van der Waals surface area contributed by atoms with E-state index in [0.29, 0.717) is 0 Å². The second-order valence-corrected chi connectivity index (χ2v) is 10.5. The molecule has 3 aromatic heterocycles. The van der Waals surface area contributed by atoms with Crippen LogP contribution < -0.4 is 0 Å². The molecule has 200 valence electrons. The number of benzene rings is 3. The predicted octanol–water partition coefficient (Wildman–Crippen LogP) is 9.81. The summed E-state index contributed by atoms with van der Waals surface area (Å²) in [4.78, 5) is 14.7. The summed E-state index contributed by atoms with van der Waals surface area (Å²) in [6.45, 7) is 0. The van der Waals surface area contributed by atoms with Gasteiger partial charge in [-0.3, -0.25) is 15.0 Å². The van der Waals surface area contributed by atoms with E-state index in [-0.39, 0.29) is 5.92 Å². The number of rotatable bonds is 6. The van der Waals surface area contributed by atoms with Crippen molar-refractivity contribution in [3.63, 3.8) is 0 Å². The normalized spacial score (nSPS) is 14.1. The van der Waals surface area contributed by atoms with Gasteiger partial charge in [-0.2, -0.15) is 0 Å². The molecule has 3 aromatic carbocycles. The van der Waals surface area contributed by atoms with Gasteiger partial charge >= 0.3 is 0 Å². The molecule has 0 saturated carbocycles. The average Bonchev–Trinajstić information content (AvgIpc) is 3.09. The Morgan fingerprint density at radius 1 is 0.476 bits per heavy atom. The third-order valence-corrected chi connectivity index (χ3v) is 7.67. The van der Waals surface area contributed by atoms with Crippen LogP contribution in [-0.2, 0) is 0 Å². The first kappa shape index (κ1) is 25.6. The van der Waals surface area contributed by atoms with E-state index >= 15 is 0 Å². The number of aromatic nitrogens is 3. The van der Waals surface area contributed by atoms with Crippen molar-refractivity contribution >= 4 is 0 Å². The monoisotopic (exact) mass is 539 g/mol. The van der Waals surface area contributed by atoms with Crippen molar-refractivity contribution in [1.82, 2.24) is 15.0 Å². The quantitative estimate of drug-likeness (QED) is 0.211. The summed E-state index contributed by atoms with van der Waals surface area (Å²) in [6.07, 6.45) is 13.4. The van der Waals surface area contributed by atoms with E-state index < -0.39 is 0 Å². The zero-order valence-electron chi connectivity index (χ0n) is 23.1. The van der Waals surface area contributed by atoms with Crippen LogP contribution in [0.25, 0.3) is 56.0 Å². The minimum absolute atomic E-state index is 0.239. The molecule has 0 saturated heterocycles. The van der Waals surface area contributed by atoms with E-state index in [9.17, 15) is 0 Å². The van der Waals surface area contributed by atoms with Crippen LogP contribution in [0.15, 0.2) is 158 Å². The van der Waals surface area contributed by atoms with Crippen LogP contribution in [0.1, 0.15) is 18.0 Å². The lowest BCUT2D eigenvalue weighted by Gasteiger charge is -2.17. The molecule has 6 aromatic rings. The number of hydrogen-bond acceptors (Lipinski definition) is 3. The molecule has 3 heteroatoms. The standard InChI is InChI=1S/C39H29N3/c1-4-12-28(13-5-1)31-19-20-37(41-27-31)35-23-32(22-34(24-35)36-18-10-11-21-40-36)33-25-38(29-14-6-2-7-15-29)42-39(26-33)30-16-8-3-9-17-30/h1-16,18-27,30H,17H2. The Bertz CT molecular complexity index is 1870. The first-order chi connectivity index (χ1) is 20.8. The van der Waals surface area contributed by atoms with Crippen LogP contribution in [0.3, 0.4) is 0 Å². The van der Waals surface area contributed by atoms with E-state index in [1.807, 2.05) is 36.7 Å². The van der Waals surface area contributed by atoms with Crippen molar-refractivity contribution < 1.29 is 0 Å². The fourth-order valence-electron chi connectivity index (χ4n) is 5.45. The van der Waals surface area contributed by atoms with Gasteiger partial charge in [-0.25, -0.2) is 0 Å². The lowest BCUT2D eigenvalue weighted by atomic mass is 9.91. The molecule has 1 aliphatic rings. The molecule has 0 radical (unpaired) electrons. The fraction of sp³-hybridized carbons (Fsp3) is 0.0513. The van der Waals surface area contributed by atoms with Crippen molar-refractivity contribution in [3.8, 4) is 56.0 Å². The van der Waals surface area contributed by atoms with Gasteiger partial charge in [0.15, 0.2) is 0 Å². The highest BCUT2D eigenvalue weighted by molar-refractivity contribution is 5.81. The topological polar surface area (TPSA) is 38.7 Å². The van der Waals surface area contributed by atoms with Gasteiger partial charge < -0.3 is 0 Å². The molecule has 0 bridgehead atoms. The Morgan fingerprint density at radius 3 is 1.83 bits per heavy atom. The summed E-state index contributed by atoms with van der Waals surface area (Å²) in [6, 6.07) is 42.2. The zero-order chi connectivity index (χ0) is 28.1. The molecule has 0 aliphatic heterocycles. The van der Waals surface area contributed by atoms with Crippen LogP contribution >= 0.6 is 0 Å². The Hall–Kier alpha value is -5.41. The predicted molar refractivity (Wildman–Crippen MR) is 173 cm³/mol. The number of hydrogen-bond donors (Lipinski definition) is 0. The highest BCUT2D eigenvalue weighted by Crippen LogP contribution is 2.36. The third-order valence-electron chi connectivity index (χ3n) is 7.67. The molecule has 0 N–H and O–H groups in total. The fourth-order valence-corrected chi connectivity index (χ4v) is 5.45. The Morgan fingerprint density at radius 2 is 1.17 bits per heavy atom. The minimum atomic E-state index is 0.239. The van der Waals surface area contributed by atoms with Gasteiger partial charge in [0, 0.05) is 46.3 Å². The molecule has 0 fully saturated rings. The van der Waals surface area contributed by atoms with Crippen LogP contribution in [-0.4, -0.2) is 15.0 Å². The van der Waals surface area contributed by atoms with Gasteiger partial charge in [-0.15, -0.1) is 0 Å². The van der Waals surface area contributed by atoms with Crippen molar-refractivity contribution in [1.29, 1.82) is 0 Å². The van der Waals surface area contributed by atoms with Crippen molar-refractivity contribution in [2.75, 3.05) is 0 Å². The molecule has 42 heavy (non-hydrogen) atoms. The smallest absolute Gasteiger partial charge is 0.0711 e. The third kappa shape index (κ3) is 5.45. The molecule has 1 atom stereocenters. The lowest BCUT2D eigenvalue weighted by molar-refractivity contribution is 0.818. The van der Waals surface area contributed by atoms with Crippen LogP contribution in [0, 0.1) is 0 Å². The molecule has 3 heterocycles. The highest BCUT2D eigenvalue weighted by atomic mass is 14.7. The van der Waals surface area contributed by atoms with Crippen LogP contribution in [0.4, 0.5) is 0 Å². The van der Waals surface area contributed by atoms with Crippen LogP contribution in [0.2, 0.25) is 0 Å². The van der Waals surface area contributed by atoms with Crippen molar-refractivity contribution in [2.24, 2.45) is 0 Å². The molecular formula is C39H29N3. The van der Waals surface area contributed by atoms with Gasteiger partial charge in [-0.05, 0) is 71.6 Å². The van der Waals surface area contributed by atoms with Crippen molar-refractivity contribution in [3.05, 3.63) is 164 Å². The van der Waals surface area contributed by atoms with E-state index in [4.69, 9.17) is 9.97 Å². The van der Waals surface area contributed by atoms with Crippen LogP contribution in [0.5, 0.6) is 0 Å². The summed E-state index contributed by atoms with van der Waals surface area (Å²) < 4.78 is 0. The molecule has 7 rings (SSSR count). The molecule has 3 nitrogen and oxygen atoms in total. The van der Waals surface area contributed by atoms with Gasteiger partial charge in [0.2, 0.25) is 0 Å². The summed E-state index contributed by atoms with van der Waals surface area (Å²) in [7, 11) is 0. The largest absolute Gasteiger partial charge is 0.256 e. The molecule has 1 unspecified atom stereocenters. The lowest BCUT2D eigenvalue weighted by Crippen LogP contribution is -2.02. The molecule has 0 spiro atoms. The van der Waals surface area contributed by atoms with Gasteiger partial charge in [0.05, 0.1) is 17.1 Å².